The summed E-state index contributed by atoms with van der Waals surface area (Å²) < 4.78 is 4.91. The molecule has 1 heterocycles. The first-order chi connectivity index (χ1) is 7.63. The van der Waals surface area contributed by atoms with Crippen LogP contribution in [0.4, 0.5) is 0 Å². The quantitative estimate of drug-likeness (QED) is 0.778. The van der Waals surface area contributed by atoms with Crippen molar-refractivity contribution < 1.29 is 9.53 Å². The SMILES string of the molecule is CCOC(=O)CC(C)NC(C)c1ccsc1. The van der Waals surface area contributed by atoms with Gasteiger partial charge in [0.15, 0.2) is 0 Å². The van der Waals surface area contributed by atoms with E-state index >= 15 is 0 Å². The van der Waals surface area contributed by atoms with Crippen LogP contribution in [0.5, 0.6) is 0 Å². The molecule has 0 amide bonds. The molecule has 0 saturated heterocycles. The first-order valence-corrected chi connectivity index (χ1v) is 6.51. The van der Waals surface area contributed by atoms with E-state index in [1.165, 1.54) is 5.56 Å². The molecular formula is C12H19NO2S. The largest absolute Gasteiger partial charge is 0.466 e. The second-order valence-electron chi connectivity index (χ2n) is 3.86. The van der Waals surface area contributed by atoms with Gasteiger partial charge in [0.05, 0.1) is 13.0 Å². The predicted octanol–water partition coefficient (Wildman–Crippen LogP) is 2.74. The lowest BCUT2D eigenvalue weighted by Crippen LogP contribution is -2.31. The summed E-state index contributed by atoms with van der Waals surface area (Å²) in [4.78, 5) is 11.3. The fourth-order valence-corrected chi connectivity index (χ4v) is 2.33. The normalized spacial score (nSPS) is 14.4. The Hall–Kier alpha value is -0.870. The van der Waals surface area contributed by atoms with E-state index in [-0.39, 0.29) is 18.1 Å². The standard InChI is InChI=1S/C12H19NO2S/c1-4-15-12(14)7-9(2)13-10(3)11-5-6-16-8-11/h5-6,8-10,13H,4,7H2,1-3H3. The third-order valence-corrected chi connectivity index (χ3v) is 3.06. The van der Waals surface area contributed by atoms with Crippen LogP contribution in [0, 0.1) is 0 Å². The first kappa shape index (κ1) is 13.2. The minimum absolute atomic E-state index is 0.133. The number of thiophene rings is 1. The van der Waals surface area contributed by atoms with E-state index in [2.05, 4.69) is 29.1 Å². The predicted molar refractivity (Wildman–Crippen MR) is 66.6 cm³/mol. The van der Waals surface area contributed by atoms with Crippen LogP contribution >= 0.6 is 11.3 Å². The summed E-state index contributed by atoms with van der Waals surface area (Å²) in [5, 5.41) is 7.56. The average Bonchev–Trinajstić information content (AvgIpc) is 2.69. The molecule has 0 saturated carbocycles. The van der Waals surface area contributed by atoms with Crippen molar-refractivity contribution in [3.8, 4) is 0 Å². The van der Waals surface area contributed by atoms with Crippen molar-refractivity contribution in [2.45, 2.75) is 39.3 Å². The molecule has 0 aliphatic rings. The highest BCUT2D eigenvalue weighted by Crippen LogP contribution is 2.16. The molecule has 0 spiro atoms. The minimum Gasteiger partial charge on any atom is -0.466 e. The van der Waals surface area contributed by atoms with E-state index in [0.29, 0.717) is 13.0 Å². The van der Waals surface area contributed by atoms with Crippen LogP contribution in [0.3, 0.4) is 0 Å². The third-order valence-electron chi connectivity index (χ3n) is 2.36. The molecule has 1 aromatic heterocycles. The highest BCUT2D eigenvalue weighted by atomic mass is 32.1. The summed E-state index contributed by atoms with van der Waals surface area (Å²) in [7, 11) is 0. The molecule has 3 nitrogen and oxygen atoms in total. The summed E-state index contributed by atoms with van der Waals surface area (Å²) in [5.41, 5.74) is 1.26. The van der Waals surface area contributed by atoms with Gasteiger partial charge in [0.25, 0.3) is 0 Å². The second kappa shape index (κ2) is 6.66. The monoisotopic (exact) mass is 241 g/mol. The highest BCUT2D eigenvalue weighted by Gasteiger charge is 2.13. The van der Waals surface area contributed by atoms with Crippen molar-refractivity contribution in [1.82, 2.24) is 5.32 Å². The van der Waals surface area contributed by atoms with Crippen LogP contribution in [-0.4, -0.2) is 18.6 Å². The van der Waals surface area contributed by atoms with Gasteiger partial charge in [-0.3, -0.25) is 4.79 Å². The van der Waals surface area contributed by atoms with Gasteiger partial charge in [0, 0.05) is 12.1 Å². The summed E-state index contributed by atoms with van der Waals surface area (Å²) in [6, 6.07) is 2.50. The molecule has 0 aromatic carbocycles. The van der Waals surface area contributed by atoms with Gasteiger partial charge in [-0.2, -0.15) is 11.3 Å². The van der Waals surface area contributed by atoms with Crippen molar-refractivity contribution in [2.75, 3.05) is 6.61 Å². The van der Waals surface area contributed by atoms with Crippen molar-refractivity contribution >= 4 is 17.3 Å². The topological polar surface area (TPSA) is 38.3 Å². The summed E-state index contributed by atoms with van der Waals surface area (Å²) in [6.07, 6.45) is 0.419. The second-order valence-corrected chi connectivity index (χ2v) is 4.64. The molecule has 1 aromatic rings. The summed E-state index contributed by atoms with van der Waals surface area (Å²) in [6.45, 7) is 6.37. The number of ether oxygens (including phenoxy) is 1. The molecule has 1 N–H and O–H groups in total. The van der Waals surface area contributed by atoms with Gasteiger partial charge in [-0.1, -0.05) is 0 Å². The number of carbonyl (C=O) groups is 1. The smallest absolute Gasteiger partial charge is 0.307 e. The zero-order chi connectivity index (χ0) is 12.0. The van der Waals surface area contributed by atoms with Gasteiger partial charge in [-0.15, -0.1) is 0 Å². The molecule has 0 radical (unpaired) electrons. The molecule has 0 bridgehead atoms. The van der Waals surface area contributed by atoms with Crippen LogP contribution in [0.25, 0.3) is 0 Å². The van der Waals surface area contributed by atoms with E-state index in [1.807, 2.05) is 13.8 Å². The van der Waals surface area contributed by atoms with E-state index in [0.717, 1.165) is 0 Å². The molecule has 16 heavy (non-hydrogen) atoms. The van der Waals surface area contributed by atoms with Crippen molar-refractivity contribution in [3.05, 3.63) is 22.4 Å². The summed E-state index contributed by atoms with van der Waals surface area (Å²) >= 11 is 1.69. The molecule has 0 fully saturated rings. The fraction of sp³-hybridized carbons (Fsp3) is 0.583. The van der Waals surface area contributed by atoms with Gasteiger partial charge in [0.1, 0.15) is 0 Å². The van der Waals surface area contributed by atoms with Gasteiger partial charge in [-0.25, -0.2) is 0 Å². The van der Waals surface area contributed by atoms with Crippen molar-refractivity contribution in [3.63, 3.8) is 0 Å². The summed E-state index contributed by atoms with van der Waals surface area (Å²) in [5.74, 6) is -0.139. The Morgan fingerprint density at radius 1 is 1.56 bits per heavy atom. The van der Waals surface area contributed by atoms with Crippen LogP contribution < -0.4 is 5.32 Å². The number of hydrogen-bond acceptors (Lipinski definition) is 4. The maximum Gasteiger partial charge on any atom is 0.307 e. The molecule has 0 aliphatic carbocycles. The third kappa shape index (κ3) is 4.33. The maximum atomic E-state index is 11.3. The molecular weight excluding hydrogens is 222 g/mol. The first-order valence-electron chi connectivity index (χ1n) is 5.57. The number of esters is 1. The Balaban J connectivity index is 2.34. The Morgan fingerprint density at radius 2 is 2.31 bits per heavy atom. The molecule has 1 rings (SSSR count). The van der Waals surface area contributed by atoms with Crippen LogP contribution in [0.2, 0.25) is 0 Å². The van der Waals surface area contributed by atoms with E-state index in [1.54, 1.807) is 11.3 Å². The molecule has 2 unspecified atom stereocenters. The van der Waals surface area contributed by atoms with Gasteiger partial charge < -0.3 is 10.1 Å². The zero-order valence-electron chi connectivity index (χ0n) is 10.0. The Labute approximate surface area is 101 Å². The van der Waals surface area contributed by atoms with Crippen LogP contribution in [0.15, 0.2) is 16.8 Å². The Morgan fingerprint density at radius 3 is 2.88 bits per heavy atom. The van der Waals surface area contributed by atoms with E-state index in [9.17, 15) is 4.79 Å². The highest BCUT2D eigenvalue weighted by molar-refractivity contribution is 7.07. The van der Waals surface area contributed by atoms with Crippen molar-refractivity contribution in [2.24, 2.45) is 0 Å². The number of carbonyl (C=O) groups excluding carboxylic acids is 1. The number of nitrogens with one attached hydrogen (secondary N) is 1. The minimum atomic E-state index is -0.139. The number of hydrogen-bond donors (Lipinski definition) is 1. The maximum absolute atomic E-state index is 11.3. The van der Waals surface area contributed by atoms with Crippen molar-refractivity contribution in [1.29, 1.82) is 0 Å². The molecule has 0 aliphatic heterocycles. The molecule has 4 heteroatoms. The van der Waals surface area contributed by atoms with Gasteiger partial charge in [-0.05, 0) is 43.2 Å². The lowest BCUT2D eigenvalue weighted by atomic mass is 10.1. The Kier molecular flexibility index (Phi) is 5.49. The lowest BCUT2D eigenvalue weighted by Gasteiger charge is -2.18. The van der Waals surface area contributed by atoms with Gasteiger partial charge >= 0.3 is 5.97 Å². The molecule has 2 atom stereocenters. The lowest BCUT2D eigenvalue weighted by molar-refractivity contribution is -0.143. The van der Waals surface area contributed by atoms with Gasteiger partial charge in [0.2, 0.25) is 0 Å². The molecule has 90 valence electrons. The van der Waals surface area contributed by atoms with Crippen LogP contribution in [0.1, 0.15) is 38.8 Å². The zero-order valence-corrected chi connectivity index (χ0v) is 10.8. The van der Waals surface area contributed by atoms with E-state index < -0.39 is 0 Å². The van der Waals surface area contributed by atoms with E-state index in [4.69, 9.17) is 4.74 Å². The Bertz CT molecular complexity index is 311. The fourth-order valence-electron chi connectivity index (χ4n) is 1.57. The number of rotatable bonds is 6. The van der Waals surface area contributed by atoms with Crippen LogP contribution in [-0.2, 0) is 9.53 Å². The average molecular weight is 241 g/mol.